The third kappa shape index (κ3) is 3.54. The van der Waals surface area contributed by atoms with Crippen LogP contribution in [0.5, 0.6) is 11.5 Å². The fourth-order valence-electron chi connectivity index (χ4n) is 3.46. The fraction of sp³-hybridized carbons (Fsp3) is 0.333. The Morgan fingerprint density at radius 1 is 1.29 bits per heavy atom. The lowest BCUT2D eigenvalue weighted by Gasteiger charge is -2.15. The lowest BCUT2D eigenvalue weighted by Crippen LogP contribution is -2.09. The molecule has 28 heavy (non-hydrogen) atoms. The first-order chi connectivity index (χ1) is 13.5. The number of aromatic amines is 1. The first-order valence-corrected chi connectivity index (χ1v) is 10.4. The molecule has 0 saturated carbocycles. The van der Waals surface area contributed by atoms with Gasteiger partial charge in [-0.3, -0.25) is 4.79 Å². The minimum absolute atomic E-state index is 0.0128. The zero-order valence-electron chi connectivity index (χ0n) is 16.0. The predicted octanol–water partition coefficient (Wildman–Crippen LogP) is 5.09. The number of fused-ring (bicyclic) bond motifs is 3. The van der Waals surface area contributed by atoms with Crippen molar-refractivity contribution in [2.75, 3.05) is 7.11 Å². The van der Waals surface area contributed by atoms with Crippen molar-refractivity contribution in [3.63, 3.8) is 0 Å². The highest BCUT2D eigenvalue weighted by Crippen LogP contribution is 2.38. The fourth-order valence-corrected chi connectivity index (χ4v) is 4.99. The number of aryl methyl sites for hydroxylation is 2. The third-order valence-corrected chi connectivity index (χ3v) is 6.10. The van der Waals surface area contributed by atoms with E-state index >= 15 is 0 Å². The summed E-state index contributed by atoms with van der Waals surface area (Å²) in [7, 11) is 1.58. The number of rotatable bonds is 5. The van der Waals surface area contributed by atoms with Crippen LogP contribution < -0.4 is 15.0 Å². The summed E-state index contributed by atoms with van der Waals surface area (Å²) in [6, 6.07) is 3.64. The van der Waals surface area contributed by atoms with Crippen molar-refractivity contribution < 1.29 is 9.47 Å². The van der Waals surface area contributed by atoms with Gasteiger partial charge in [-0.05, 0) is 62.4 Å². The van der Waals surface area contributed by atoms with Crippen molar-refractivity contribution in [2.45, 2.75) is 39.2 Å². The van der Waals surface area contributed by atoms with Crippen LogP contribution in [0.2, 0.25) is 5.02 Å². The largest absolute Gasteiger partial charge is 0.493 e. The standard InChI is InChI=1S/C21H21ClN2O3S/c1-11(2)27-19-14(22)9-12(10-15(19)26-3)7-8-17-23-20(25)18-13-5-4-6-16(13)28-21(18)24-17/h7-11H,4-6H2,1-3H3,(H,23,24,25)/b8-7+. The van der Waals surface area contributed by atoms with Crippen LogP contribution >= 0.6 is 22.9 Å². The molecule has 7 heteroatoms. The molecule has 0 unspecified atom stereocenters. The molecule has 0 amide bonds. The number of nitrogens with zero attached hydrogens (tertiary/aromatic N) is 1. The van der Waals surface area contributed by atoms with E-state index in [9.17, 15) is 4.79 Å². The average Bonchev–Trinajstić information content (AvgIpc) is 3.22. The van der Waals surface area contributed by atoms with Gasteiger partial charge in [0.15, 0.2) is 11.5 Å². The summed E-state index contributed by atoms with van der Waals surface area (Å²) in [4.78, 5) is 22.2. The van der Waals surface area contributed by atoms with Crippen LogP contribution in [0.25, 0.3) is 22.4 Å². The summed E-state index contributed by atoms with van der Waals surface area (Å²) in [5.74, 6) is 1.61. The van der Waals surface area contributed by atoms with Crippen LogP contribution in [0.1, 0.15) is 42.1 Å². The highest BCUT2D eigenvalue weighted by atomic mass is 35.5. The molecule has 1 aliphatic carbocycles. The third-order valence-electron chi connectivity index (χ3n) is 4.63. The van der Waals surface area contributed by atoms with Crippen molar-refractivity contribution in [1.82, 2.24) is 9.97 Å². The van der Waals surface area contributed by atoms with Crippen LogP contribution in [0.15, 0.2) is 16.9 Å². The van der Waals surface area contributed by atoms with E-state index in [2.05, 4.69) is 9.97 Å². The molecular formula is C21H21ClN2O3S. The maximum absolute atomic E-state index is 12.6. The molecule has 0 saturated heterocycles. The van der Waals surface area contributed by atoms with Crippen LogP contribution in [-0.2, 0) is 12.8 Å². The molecule has 1 aliphatic rings. The molecule has 2 heterocycles. The molecule has 5 nitrogen and oxygen atoms in total. The lowest BCUT2D eigenvalue weighted by atomic mass is 10.1. The molecular weight excluding hydrogens is 396 g/mol. The second-order valence-electron chi connectivity index (χ2n) is 7.02. The Kier molecular flexibility index (Phi) is 5.17. The average molecular weight is 417 g/mol. The molecule has 0 fully saturated rings. The molecule has 2 aromatic heterocycles. The van der Waals surface area contributed by atoms with Crippen LogP contribution in [0.3, 0.4) is 0 Å². The van der Waals surface area contributed by atoms with Crippen LogP contribution in [0.4, 0.5) is 0 Å². The minimum atomic E-state index is -0.0691. The van der Waals surface area contributed by atoms with Gasteiger partial charge in [0.05, 0.1) is 23.6 Å². The van der Waals surface area contributed by atoms with Gasteiger partial charge in [-0.1, -0.05) is 17.7 Å². The van der Waals surface area contributed by atoms with Gasteiger partial charge in [-0.15, -0.1) is 11.3 Å². The maximum atomic E-state index is 12.6. The Hall–Kier alpha value is -2.31. The maximum Gasteiger partial charge on any atom is 0.260 e. The highest BCUT2D eigenvalue weighted by molar-refractivity contribution is 7.18. The van der Waals surface area contributed by atoms with Gasteiger partial charge in [0.1, 0.15) is 10.7 Å². The SMILES string of the molecule is COc1cc(/C=C/c2nc3sc4c(c3c(=O)[nH]2)CCC4)cc(Cl)c1OC(C)C. The zero-order valence-corrected chi connectivity index (χ0v) is 17.5. The first-order valence-electron chi connectivity index (χ1n) is 9.23. The number of benzene rings is 1. The summed E-state index contributed by atoms with van der Waals surface area (Å²) in [5.41, 5.74) is 1.94. The molecule has 4 rings (SSSR count). The van der Waals surface area contributed by atoms with Gasteiger partial charge >= 0.3 is 0 Å². The first kappa shape index (κ1) is 19.0. The molecule has 1 aromatic carbocycles. The minimum Gasteiger partial charge on any atom is -0.493 e. The monoisotopic (exact) mass is 416 g/mol. The van der Waals surface area contributed by atoms with Crippen molar-refractivity contribution >= 4 is 45.3 Å². The quantitative estimate of drug-likeness (QED) is 0.629. The molecule has 0 bridgehead atoms. The molecule has 3 aromatic rings. The van der Waals surface area contributed by atoms with Gasteiger partial charge < -0.3 is 14.5 Å². The Morgan fingerprint density at radius 3 is 2.86 bits per heavy atom. The van der Waals surface area contributed by atoms with E-state index in [1.54, 1.807) is 30.6 Å². The lowest BCUT2D eigenvalue weighted by molar-refractivity contribution is 0.230. The van der Waals surface area contributed by atoms with E-state index < -0.39 is 0 Å². The van der Waals surface area contributed by atoms with E-state index in [0.717, 1.165) is 35.0 Å². The topological polar surface area (TPSA) is 64.2 Å². The summed E-state index contributed by atoms with van der Waals surface area (Å²) >= 11 is 8.00. The number of halogens is 1. The van der Waals surface area contributed by atoms with E-state index in [-0.39, 0.29) is 11.7 Å². The molecule has 0 spiro atoms. The Morgan fingerprint density at radius 2 is 2.11 bits per heavy atom. The molecule has 146 valence electrons. The van der Waals surface area contributed by atoms with Gasteiger partial charge in [0.25, 0.3) is 5.56 Å². The number of thiophene rings is 1. The number of aromatic nitrogens is 2. The Labute approximate surface area is 172 Å². The second-order valence-corrected chi connectivity index (χ2v) is 8.51. The zero-order chi connectivity index (χ0) is 19.8. The van der Waals surface area contributed by atoms with Crippen molar-refractivity contribution in [2.24, 2.45) is 0 Å². The molecule has 0 radical (unpaired) electrons. The van der Waals surface area contributed by atoms with E-state index in [4.69, 9.17) is 21.1 Å². The van der Waals surface area contributed by atoms with Crippen LogP contribution in [0, 0.1) is 0 Å². The molecule has 0 atom stereocenters. The van der Waals surface area contributed by atoms with Crippen LogP contribution in [-0.4, -0.2) is 23.2 Å². The number of H-pyrrole nitrogens is 1. The smallest absolute Gasteiger partial charge is 0.260 e. The van der Waals surface area contributed by atoms with Crippen molar-refractivity contribution in [1.29, 1.82) is 0 Å². The molecule has 0 aliphatic heterocycles. The second kappa shape index (κ2) is 7.60. The summed E-state index contributed by atoms with van der Waals surface area (Å²) in [6.07, 6.45) is 6.75. The number of hydrogen-bond donors (Lipinski definition) is 1. The number of ether oxygens (including phenoxy) is 2. The Bertz CT molecular complexity index is 1130. The van der Waals surface area contributed by atoms with Crippen molar-refractivity contribution in [3.05, 3.63) is 49.3 Å². The highest BCUT2D eigenvalue weighted by Gasteiger charge is 2.20. The summed E-state index contributed by atoms with van der Waals surface area (Å²) < 4.78 is 11.2. The van der Waals surface area contributed by atoms with Gasteiger partial charge in [-0.2, -0.15) is 0 Å². The number of hydrogen-bond acceptors (Lipinski definition) is 5. The van der Waals surface area contributed by atoms with Gasteiger partial charge in [-0.25, -0.2) is 4.98 Å². The summed E-state index contributed by atoms with van der Waals surface area (Å²) in [5, 5.41) is 1.23. The Balaban J connectivity index is 1.67. The predicted molar refractivity (Wildman–Crippen MR) is 115 cm³/mol. The van der Waals surface area contributed by atoms with E-state index in [0.29, 0.717) is 22.3 Å². The molecule has 1 N–H and O–H groups in total. The van der Waals surface area contributed by atoms with Gasteiger partial charge in [0.2, 0.25) is 0 Å². The number of nitrogens with one attached hydrogen (secondary N) is 1. The number of methoxy groups -OCH3 is 1. The van der Waals surface area contributed by atoms with E-state index in [1.165, 1.54) is 10.4 Å². The van der Waals surface area contributed by atoms with Gasteiger partial charge in [0, 0.05) is 4.88 Å². The van der Waals surface area contributed by atoms with E-state index in [1.807, 2.05) is 26.0 Å². The van der Waals surface area contributed by atoms with Crippen molar-refractivity contribution in [3.8, 4) is 11.5 Å². The summed E-state index contributed by atoms with van der Waals surface area (Å²) in [6.45, 7) is 3.87. The normalized spacial score (nSPS) is 13.6.